The maximum absolute atomic E-state index is 13.4. The lowest BCUT2D eigenvalue weighted by Crippen LogP contribution is -2.44. The maximum Gasteiger partial charge on any atom is 0.252 e. The van der Waals surface area contributed by atoms with Gasteiger partial charge in [0.2, 0.25) is 0 Å². The highest BCUT2D eigenvalue weighted by atomic mass is 19.2. The lowest BCUT2D eigenvalue weighted by Gasteiger charge is -2.32. The number of primary amides is 1. The molecule has 0 unspecified atom stereocenters. The molecule has 0 aromatic heterocycles. The average molecular weight is 480 g/mol. The minimum Gasteiger partial charge on any atom is -0.488 e. The summed E-state index contributed by atoms with van der Waals surface area (Å²) < 4.78 is 32.3. The molecular formula is C27H27F2N3O3. The number of hydrogen-bond acceptors (Lipinski definition) is 4. The molecule has 35 heavy (non-hydrogen) atoms. The van der Waals surface area contributed by atoms with Crippen LogP contribution in [0.5, 0.6) is 5.75 Å². The van der Waals surface area contributed by atoms with Gasteiger partial charge in [-0.3, -0.25) is 14.5 Å². The number of nitrogens with one attached hydrogen (secondary N) is 1. The van der Waals surface area contributed by atoms with Crippen molar-refractivity contribution in [2.75, 3.05) is 13.1 Å². The molecule has 0 saturated carbocycles. The summed E-state index contributed by atoms with van der Waals surface area (Å²) in [4.78, 5) is 26.5. The first-order valence-electron chi connectivity index (χ1n) is 11.5. The maximum atomic E-state index is 13.4. The van der Waals surface area contributed by atoms with Crippen LogP contribution in [-0.4, -0.2) is 35.8 Å². The fourth-order valence-electron chi connectivity index (χ4n) is 4.16. The van der Waals surface area contributed by atoms with Gasteiger partial charge in [-0.05, 0) is 60.4 Å². The Bertz CT molecular complexity index is 1210. The molecule has 3 aromatic rings. The number of carbonyl (C=O) groups excluding carboxylic acids is 2. The number of benzene rings is 3. The topological polar surface area (TPSA) is 84.7 Å². The third-order valence-electron chi connectivity index (χ3n) is 6.05. The molecule has 182 valence electrons. The average Bonchev–Trinajstić information content (AvgIpc) is 2.86. The van der Waals surface area contributed by atoms with Crippen molar-refractivity contribution < 1.29 is 23.1 Å². The number of amides is 2. The zero-order valence-electron chi connectivity index (χ0n) is 19.2. The van der Waals surface area contributed by atoms with E-state index in [1.54, 1.807) is 48.5 Å². The smallest absolute Gasteiger partial charge is 0.252 e. The first-order chi connectivity index (χ1) is 16.9. The second-order valence-corrected chi connectivity index (χ2v) is 8.62. The Balaban J connectivity index is 1.28. The van der Waals surface area contributed by atoms with Crippen LogP contribution >= 0.6 is 0 Å². The second kappa shape index (κ2) is 11.1. The van der Waals surface area contributed by atoms with E-state index in [4.69, 9.17) is 10.5 Å². The Labute approximate surface area is 202 Å². The van der Waals surface area contributed by atoms with Crippen molar-refractivity contribution in [3.05, 3.63) is 101 Å². The number of halogens is 2. The molecule has 0 aliphatic carbocycles. The van der Waals surface area contributed by atoms with Crippen LogP contribution in [0.4, 0.5) is 8.78 Å². The highest BCUT2D eigenvalue weighted by molar-refractivity contribution is 5.95. The summed E-state index contributed by atoms with van der Waals surface area (Å²) in [5.74, 6) is -2.02. The summed E-state index contributed by atoms with van der Waals surface area (Å²) in [6.45, 7) is 2.22. The molecule has 4 rings (SSSR count). The summed E-state index contributed by atoms with van der Waals surface area (Å²) in [5.41, 5.74) is 7.74. The third kappa shape index (κ3) is 6.42. The van der Waals surface area contributed by atoms with Crippen molar-refractivity contribution >= 4 is 11.8 Å². The Kier molecular flexibility index (Phi) is 7.72. The molecule has 3 N–H and O–H groups in total. The Hall–Kier alpha value is -3.78. The summed E-state index contributed by atoms with van der Waals surface area (Å²) in [6.07, 6.45) is 1.53. The number of ether oxygens (including phenoxy) is 1. The van der Waals surface area contributed by atoms with Crippen molar-refractivity contribution in [1.82, 2.24) is 10.2 Å². The number of likely N-dealkylation sites (tertiary alicyclic amines) is 1. The largest absolute Gasteiger partial charge is 0.488 e. The number of hydrogen-bond donors (Lipinski definition) is 2. The minimum absolute atomic E-state index is 0.0334. The molecule has 1 fully saturated rings. The van der Waals surface area contributed by atoms with Gasteiger partial charge in [0.25, 0.3) is 11.8 Å². The number of rotatable bonds is 8. The molecule has 1 aliphatic heterocycles. The van der Waals surface area contributed by atoms with E-state index in [1.165, 1.54) is 6.07 Å². The van der Waals surface area contributed by atoms with Gasteiger partial charge in [0, 0.05) is 31.2 Å². The molecule has 3 aromatic carbocycles. The molecule has 0 atom stereocenters. The monoisotopic (exact) mass is 479 g/mol. The van der Waals surface area contributed by atoms with E-state index < -0.39 is 17.5 Å². The van der Waals surface area contributed by atoms with Crippen molar-refractivity contribution in [3.8, 4) is 5.75 Å². The fourth-order valence-corrected chi connectivity index (χ4v) is 4.16. The van der Waals surface area contributed by atoms with E-state index in [9.17, 15) is 18.4 Å². The van der Waals surface area contributed by atoms with Crippen LogP contribution in [0.15, 0.2) is 66.7 Å². The molecule has 0 bridgehead atoms. The number of piperidine rings is 1. The molecule has 0 spiro atoms. The van der Waals surface area contributed by atoms with Gasteiger partial charge in [0.05, 0.1) is 5.56 Å². The van der Waals surface area contributed by atoms with Crippen LogP contribution in [0, 0.1) is 11.6 Å². The van der Waals surface area contributed by atoms with Gasteiger partial charge in [0.15, 0.2) is 11.6 Å². The highest BCUT2D eigenvalue weighted by Crippen LogP contribution is 2.20. The zero-order valence-corrected chi connectivity index (χ0v) is 19.2. The van der Waals surface area contributed by atoms with Gasteiger partial charge in [-0.1, -0.05) is 30.3 Å². The van der Waals surface area contributed by atoms with Crippen LogP contribution in [0.3, 0.4) is 0 Å². The molecule has 1 heterocycles. The van der Waals surface area contributed by atoms with Crippen molar-refractivity contribution in [2.24, 2.45) is 5.73 Å². The van der Waals surface area contributed by atoms with Crippen LogP contribution in [-0.2, 0) is 13.2 Å². The Morgan fingerprint density at radius 2 is 1.71 bits per heavy atom. The lowest BCUT2D eigenvalue weighted by molar-refractivity contribution is 0.0908. The third-order valence-corrected chi connectivity index (χ3v) is 6.05. The van der Waals surface area contributed by atoms with E-state index in [1.807, 2.05) is 6.07 Å². The Morgan fingerprint density at radius 3 is 2.46 bits per heavy atom. The summed E-state index contributed by atoms with van der Waals surface area (Å²) in [7, 11) is 0. The van der Waals surface area contributed by atoms with Crippen LogP contribution in [0.25, 0.3) is 0 Å². The quantitative estimate of drug-likeness (QED) is 0.511. The second-order valence-electron chi connectivity index (χ2n) is 8.62. The molecule has 8 heteroatoms. The van der Waals surface area contributed by atoms with Gasteiger partial charge in [-0.25, -0.2) is 8.78 Å². The van der Waals surface area contributed by atoms with Crippen LogP contribution < -0.4 is 15.8 Å². The van der Waals surface area contributed by atoms with Crippen molar-refractivity contribution in [2.45, 2.75) is 32.0 Å². The van der Waals surface area contributed by atoms with Crippen molar-refractivity contribution in [1.29, 1.82) is 0 Å². The highest BCUT2D eigenvalue weighted by Gasteiger charge is 2.21. The molecule has 1 aliphatic rings. The molecule has 6 nitrogen and oxygen atoms in total. The minimum atomic E-state index is -0.846. The number of carbonyl (C=O) groups is 2. The SMILES string of the molecule is NC(=O)c1ccccc1OCc1cccc(C(=O)NC2CCN(Cc3ccc(F)c(F)c3)CC2)c1. The summed E-state index contributed by atoms with van der Waals surface area (Å²) in [6, 6.07) is 17.9. The van der Waals surface area contributed by atoms with Crippen LogP contribution in [0.1, 0.15) is 44.7 Å². The standard InChI is InChI=1S/C27H27F2N3O3/c28-23-9-8-18(15-24(23)29)16-32-12-10-21(11-13-32)31-27(34)20-5-3-4-19(14-20)17-35-25-7-2-1-6-22(25)26(30)33/h1-9,14-15,21H,10-13,16-17H2,(H2,30,33)(H,31,34). The van der Waals surface area contributed by atoms with Gasteiger partial charge in [0.1, 0.15) is 12.4 Å². The summed E-state index contributed by atoms with van der Waals surface area (Å²) >= 11 is 0. The van der Waals surface area contributed by atoms with Gasteiger partial charge >= 0.3 is 0 Å². The number of para-hydroxylation sites is 1. The van der Waals surface area contributed by atoms with Crippen molar-refractivity contribution in [3.63, 3.8) is 0 Å². The Morgan fingerprint density at radius 1 is 0.943 bits per heavy atom. The normalized spacial score (nSPS) is 14.5. The van der Waals surface area contributed by atoms with Gasteiger partial charge < -0.3 is 15.8 Å². The number of nitrogens with zero attached hydrogens (tertiary/aromatic N) is 1. The summed E-state index contributed by atoms with van der Waals surface area (Å²) in [5, 5.41) is 3.08. The number of nitrogens with two attached hydrogens (primary N) is 1. The lowest BCUT2D eigenvalue weighted by atomic mass is 10.0. The predicted molar refractivity (Wildman–Crippen MR) is 128 cm³/mol. The first-order valence-corrected chi connectivity index (χ1v) is 11.5. The van der Waals surface area contributed by atoms with E-state index in [-0.39, 0.29) is 18.6 Å². The molecule has 0 radical (unpaired) electrons. The van der Waals surface area contributed by atoms with Gasteiger partial charge in [-0.2, -0.15) is 0 Å². The molecule has 1 saturated heterocycles. The fraction of sp³-hybridized carbons (Fsp3) is 0.259. The van der Waals surface area contributed by atoms with E-state index in [0.29, 0.717) is 23.4 Å². The first kappa shape index (κ1) is 24.3. The molecular weight excluding hydrogens is 452 g/mol. The van der Waals surface area contributed by atoms with E-state index >= 15 is 0 Å². The molecule has 2 amide bonds. The zero-order chi connectivity index (χ0) is 24.8. The van der Waals surface area contributed by atoms with Crippen LogP contribution in [0.2, 0.25) is 0 Å². The van der Waals surface area contributed by atoms with E-state index in [2.05, 4.69) is 10.2 Å². The van der Waals surface area contributed by atoms with Gasteiger partial charge in [-0.15, -0.1) is 0 Å². The van der Waals surface area contributed by atoms with E-state index in [0.717, 1.165) is 43.1 Å². The predicted octanol–water partition coefficient (Wildman–Crippen LogP) is 4.04.